The molecule has 0 radical (unpaired) electrons. The fourth-order valence-electron chi connectivity index (χ4n) is 2.43. The SMILES string of the molecule is COc1ccc(/C=C/C(=O)OC(C)C[NH+]2CCOCC2)cc1.[Cl-]. The van der Waals surface area contributed by atoms with Crippen LogP contribution in [-0.2, 0) is 14.3 Å². The zero-order valence-electron chi connectivity index (χ0n) is 13.6. The Bertz CT molecular complexity index is 498. The monoisotopic (exact) mass is 341 g/mol. The van der Waals surface area contributed by atoms with Crippen molar-refractivity contribution in [3.63, 3.8) is 0 Å². The number of carbonyl (C=O) groups excluding carboxylic acids is 1. The van der Waals surface area contributed by atoms with Crippen molar-refractivity contribution in [3.05, 3.63) is 35.9 Å². The van der Waals surface area contributed by atoms with E-state index < -0.39 is 0 Å². The van der Waals surface area contributed by atoms with Crippen LogP contribution in [0.1, 0.15) is 12.5 Å². The molecule has 1 aromatic carbocycles. The average molecular weight is 342 g/mol. The van der Waals surface area contributed by atoms with Gasteiger partial charge >= 0.3 is 5.97 Å². The normalized spacial score (nSPS) is 16.6. The van der Waals surface area contributed by atoms with Crippen LogP contribution >= 0.6 is 0 Å². The van der Waals surface area contributed by atoms with E-state index in [0.717, 1.165) is 44.2 Å². The quantitative estimate of drug-likeness (QED) is 0.461. The number of carbonyl (C=O) groups is 1. The molecule has 128 valence electrons. The maximum atomic E-state index is 11.8. The highest BCUT2D eigenvalue weighted by molar-refractivity contribution is 5.87. The Labute approximate surface area is 143 Å². The Morgan fingerprint density at radius 2 is 1.96 bits per heavy atom. The number of hydrogen-bond donors (Lipinski definition) is 1. The van der Waals surface area contributed by atoms with Crippen LogP contribution in [0.2, 0.25) is 0 Å². The molecule has 1 aromatic rings. The minimum absolute atomic E-state index is 0. The molecule has 23 heavy (non-hydrogen) atoms. The van der Waals surface area contributed by atoms with E-state index in [9.17, 15) is 4.79 Å². The Hall–Kier alpha value is -1.56. The van der Waals surface area contributed by atoms with Crippen LogP contribution in [0.5, 0.6) is 5.75 Å². The Balaban J connectivity index is 0.00000264. The highest BCUT2D eigenvalue weighted by atomic mass is 35.5. The first-order chi connectivity index (χ1) is 10.7. The van der Waals surface area contributed by atoms with Crippen LogP contribution in [0.3, 0.4) is 0 Å². The standard InChI is InChI=1S/C17H23NO4.ClH/c1-14(13-18-9-11-21-12-10-18)22-17(19)8-5-15-3-6-16(20-2)7-4-15;/h3-8,14H,9-13H2,1-2H3;1H/b8-5+;. The molecule has 1 aliphatic heterocycles. The molecule has 1 unspecified atom stereocenters. The van der Waals surface area contributed by atoms with E-state index in [-0.39, 0.29) is 24.5 Å². The Morgan fingerprint density at radius 3 is 2.57 bits per heavy atom. The van der Waals surface area contributed by atoms with Gasteiger partial charge in [-0.05, 0) is 30.7 Å². The van der Waals surface area contributed by atoms with Gasteiger partial charge in [-0.1, -0.05) is 12.1 Å². The zero-order valence-corrected chi connectivity index (χ0v) is 14.3. The number of nitrogens with one attached hydrogen (secondary N) is 1. The molecule has 1 atom stereocenters. The molecule has 1 fully saturated rings. The molecule has 5 nitrogen and oxygen atoms in total. The number of morpholine rings is 1. The highest BCUT2D eigenvalue weighted by Gasteiger charge is 2.18. The van der Waals surface area contributed by atoms with E-state index >= 15 is 0 Å². The first-order valence-corrected chi connectivity index (χ1v) is 7.61. The minimum atomic E-state index is -0.309. The van der Waals surface area contributed by atoms with Crippen molar-refractivity contribution < 1.29 is 36.3 Å². The topological polar surface area (TPSA) is 49.2 Å². The summed E-state index contributed by atoms with van der Waals surface area (Å²) in [6.45, 7) is 6.28. The summed E-state index contributed by atoms with van der Waals surface area (Å²) < 4.78 is 15.8. The lowest BCUT2D eigenvalue weighted by atomic mass is 10.2. The van der Waals surface area contributed by atoms with Crippen molar-refractivity contribution in [3.8, 4) is 5.75 Å². The van der Waals surface area contributed by atoms with Crippen LogP contribution in [0.25, 0.3) is 6.08 Å². The van der Waals surface area contributed by atoms with E-state index in [1.807, 2.05) is 31.2 Å². The second-order valence-electron chi connectivity index (χ2n) is 5.42. The summed E-state index contributed by atoms with van der Waals surface area (Å²) in [5.41, 5.74) is 0.934. The van der Waals surface area contributed by atoms with Gasteiger partial charge in [-0.2, -0.15) is 0 Å². The third-order valence-electron chi connectivity index (χ3n) is 3.62. The molecular weight excluding hydrogens is 318 g/mol. The molecule has 6 heteroatoms. The van der Waals surface area contributed by atoms with Crippen molar-refractivity contribution in [1.82, 2.24) is 0 Å². The number of halogens is 1. The Kier molecular flexibility index (Phi) is 8.69. The zero-order chi connectivity index (χ0) is 15.8. The lowest BCUT2D eigenvalue weighted by molar-refractivity contribution is -0.910. The molecule has 1 N–H and O–H groups in total. The van der Waals surface area contributed by atoms with E-state index in [1.54, 1.807) is 13.2 Å². The van der Waals surface area contributed by atoms with Crippen molar-refractivity contribution >= 4 is 12.0 Å². The number of ether oxygens (including phenoxy) is 3. The molecule has 1 aliphatic rings. The fraction of sp³-hybridized carbons (Fsp3) is 0.471. The van der Waals surface area contributed by atoms with Crippen LogP contribution < -0.4 is 22.0 Å². The second-order valence-corrected chi connectivity index (χ2v) is 5.42. The smallest absolute Gasteiger partial charge is 0.331 e. The maximum Gasteiger partial charge on any atom is 0.331 e. The summed E-state index contributed by atoms with van der Waals surface area (Å²) in [7, 11) is 1.63. The van der Waals surface area contributed by atoms with Gasteiger partial charge in [0.15, 0.2) is 0 Å². The van der Waals surface area contributed by atoms with Gasteiger partial charge in [0.2, 0.25) is 0 Å². The van der Waals surface area contributed by atoms with Gasteiger partial charge in [0.1, 0.15) is 31.5 Å². The molecule has 2 rings (SSSR count). The predicted octanol–water partition coefficient (Wildman–Crippen LogP) is -2.44. The molecule has 0 amide bonds. The maximum absolute atomic E-state index is 11.8. The van der Waals surface area contributed by atoms with Crippen LogP contribution in [0.4, 0.5) is 0 Å². The first kappa shape index (κ1) is 19.5. The van der Waals surface area contributed by atoms with Crippen LogP contribution in [0, 0.1) is 0 Å². The number of quaternary nitrogens is 1. The summed E-state index contributed by atoms with van der Waals surface area (Å²) in [5, 5.41) is 0. The van der Waals surface area contributed by atoms with Gasteiger partial charge in [0.05, 0.1) is 20.3 Å². The number of benzene rings is 1. The van der Waals surface area contributed by atoms with Crippen molar-refractivity contribution in [2.45, 2.75) is 13.0 Å². The van der Waals surface area contributed by atoms with Gasteiger partial charge in [-0.25, -0.2) is 4.79 Å². The summed E-state index contributed by atoms with van der Waals surface area (Å²) in [6, 6.07) is 7.50. The summed E-state index contributed by atoms with van der Waals surface area (Å²) in [5.74, 6) is 0.484. The van der Waals surface area contributed by atoms with Gasteiger partial charge in [-0.15, -0.1) is 0 Å². The van der Waals surface area contributed by atoms with Gasteiger partial charge in [0, 0.05) is 6.08 Å². The van der Waals surface area contributed by atoms with E-state index in [2.05, 4.69) is 0 Å². The second kappa shape index (κ2) is 10.3. The molecule has 1 saturated heterocycles. The summed E-state index contributed by atoms with van der Waals surface area (Å²) in [4.78, 5) is 13.2. The third-order valence-corrected chi connectivity index (χ3v) is 3.62. The fourth-order valence-corrected chi connectivity index (χ4v) is 2.43. The average Bonchev–Trinajstić information content (AvgIpc) is 2.54. The van der Waals surface area contributed by atoms with Gasteiger partial charge in [0.25, 0.3) is 0 Å². The Morgan fingerprint density at radius 1 is 1.30 bits per heavy atom. The lowest BCUT2D eigenvalue weighted by Gasteiger charge is -2.25. The summed E-state index contributed by atoms with van der Waals surface area (Å²) >= 11 is 0. The van der Waals surface area contributed by atoms with Crippen LogP contribution in [0.15, 0.2) is 30.3 Å². The molecular formula is C17H24ClNO4. The molecule has 0 aromatic heterocycles. The van der Waals surface area contributed by atoms with Crippen molar-refractivity contribution in [2.24, 2.45) is 0 Å². The third kappa shape index (κ3) is 7.03. The largest absolute Gasteiger partial charge is 1.00 e. The lowest BCUT2D eigenvalue weighted by Crippen LogP contribution is -3.15. The summed E-state index contributed by atoms with van der Waals surface area (Å²) in [6.07, 6.45) is 3.12. The number of hydrogen-bond acceptors (Lipinski definition) is 4. The minimum Gasteiger partial charge on any atom is -1.00 e. The van der Waals surface area contributed by atoms with Gasteiger partial charge in [-0.3, -0.25) is 0 Å². The van der Waals surface area contributed by atoms with E-state index in [1.165, 1.54) is 11.0 Å². The van der Waals surface area contributed by atoms with E-state index in [0.29, 0.717) is 0 Å². The molecule has 1 heterocycles. The number of rotatable bonds is 6. The van der Waals surface area contributed by atoms with E-state index in [4.69, 9.17) is 14.2 Å². The van der Waals surface area contributed by atoms with Gasteiger partial charge < -0.3 is 31.5 Å². The highest BCUT2D eigenvalue weighted by Crippen LogP contribution is 2.12. The molecule has 0 spiro atoms. The molecule has 0 bridgehead atoms. The van der Waals surface area contributed by atoms with Crippen LogP contribution in [-0.4, -0.2) is 52.0 Å². The predicted molar refractivity (Wildman–Crippen MR) is 84.0 cm³/mol. The number of esters is 1. The van der Waals surface area contributed by atoms with Crippen molar-refractivity contribution in [1.29, 1.82) is 0 Å². The molecule has 0 saturated carbocycles. The number of methoxy groups -OCH3 is 1. The van der Waals surface area contributed by atoms with Crippen molar-refractivity contribution in [2.75, 3.05) is 40.0 Å². The first-order valence-electron chi connectivity index (χ1n) is 7.61. The molecule has 0 aliphatic carbocycles.